The summed E-state index contributed by atoms with van der Waals surface area (Å²) in [6, 6.07) is 11.6. The molecule has 0 heterocycles. The monoisotopic (exact) mass is 365 g/mol. The van der Waals surface area contributed by atoms with Gasteiger partial charge in [0, 0.05) is 18.5 Å². The highest BCUT2D eigenvalue weighted by molar-refractivity contribution is 5.43. The van der Waals surface area contributed by atoms with Crippen molar-refractivity contribution in [1.82, 2.24) is 5.32 Å². The average Bonchev–Trinajstić information content (AvgIpc) is 3.38. The van der Waals surface area contributed by atoms with Crippen LogP contribution in [0.1, 0.15) is 30.9 Å². The van der Waals surface area contributed by atoms with Crippen molar-refractivity contribution in [2.45, 2.75) is 38.3 Å². The van der Waals surface area contributed by atoms with Gasteiger partial charge >= 0.3 is 6.61 Å². The smallest absolute Gasteiger partial charge is 0.387 e. The highest BCUT2D eigenvalue weighted by atomic mass is 19.3. The largest absolute Gasteiger partial charge is 0.490 e. The first-order valence-corrected chi connectivity index (χ1v) is 8.70. The Balaban J connectivity index is 1.61. The zero-order chi connectivity index (χ0) is 18.6. The Morgan fingerprint density at radius 1 is 1.08 bits per heavy atom. The van der Waals surface area contributed by atoms with Crippen molar-refractivity contribution in [2.75, 3.05) is 13.2 Å². The molecule has 0 unspecified atom stereocenters. The van der Waals surface area contributed by atoms with E-state index in [1.807, 2.05) is 12.1 Å². The lowest BCUT2D eigenvalue weighted by Gasteiger charge is -2.17. The third-order valence-corrected chi connectivity index (χ3v) is 4.63. The second-order valence-electron chi connectivity index (χ2n) is 6.48. The van der Waals surface area contributed by atoms with Gasteiger partial charge < -0.3 is 14.8 Å². The molecule has 140 valence electrons. The van der Waals surface area contributed by atoms with Gasteiger partial charge in [0.15, 0.2) is 11.5 Å². The summed E-state index contributed by atoms with van der Waals surface area (Å²) >= 11 is 0. The molecule has 2 aromatic rings. The molecule has 3 nitrogen and oxygen atoms in total. The molecule has 1 saturated carbocycles. The van der Waals surface area contributed by atoms with E-state index in [1.54, 1.807) is 19.1 Å². The molecular weight excluding hydrogens is 343 g/mol. The molecule has 1 aliphatic carbocycles. The molecule has 0 bridgehead atoms. The minimum Gasteiger partial charge on any atom is -0.490 e. The van der Waals surface area contributed by atoms with Gasteiger partial charge in [-0.15, -0.1) is 0 Å². The molecule has 0 saturated heterocycles. The predicted molar refractivity (Wildman–Crippen MR) is 93.3 cm³/mol. The van der Waals surface area contributed by atoms with E-state index < -0.39 is 6.61 Å². The maximum atomic E-state index is 13.1. The fourth-order valence-corrected chi connectivity index (χ4v) is 3.09. The van der Waals surface area contributed by atoms with Gasteiger partial charge in [0.1, 0.15) is 5.82 Å². The van der Waals surface area contributed by atoms with Crippen molar-refractivity contribution in [3.8, 4) is 11.5 Å². The molecule has 26 heavy (non-hydrogen) atoms. The maximum absolute atomic E-state index is 13.1. The number of hydrogen-bond acceptors (Lipinski definition) is 3. The average molecular weight is 365 g/mol. The molecule has 2 aromatic carbocycles. The number of nitrogens with one attached hydrogen (secondary N) is 1. The summed E-state index contributed by atoms with van der Waals surface area (Å²) in [5.41, 5.74) is 2.13. The van der Waals surface area contributed by atoms with Crippen molar-refractivity contribution in [2.24, 2.45) is 0 Å². The van der Waals surface area contributed by atoms with E-state index in [1.165, 1.54) is 18.2 Å². The summed E-state index contributed by atoms with van der Waals surface area (Å²) in [5.74, 6) is 0.120. The van der Waals surface area contributed by atoms with E-state index in [9.17, 15) is 13.2 Å². The molecule has 3 rings (SSSR count). The van der Waals surface area contributed by atoms with Gasteiger partial charge in [-0.2, -0.15) is 8.78 Å². The quantitative estimate of drug-likeness (QED) is 0.702. The normalized spacial score (nSPS) is 15.1. The maximum Gasteiger partial charge on any atom is 0.387 e. The number of ether oxygens (including phenoxy) is 2. The van der Waals surface area contributed by atoms with Crippen LogP contribution in [0.4, 0.5) is 13.2 Å². The third kappa shape index (κ3) is 4.49. The second kappa shape index (κ2) is 7.99. The van der Waals surface area contributed by atoms with Crippen LogP contribution in [0.15, 0.2) is 42.5 Å². The topological polar surface area (TPSA) is 30.5 Å². The van der Waals surface area contributed by atoms with E-state index in [4.69, 9.17) is 4.74 Å². The zero-order valence-corrected chi connectivity index (χ0v) is 14.6. The highest BCUT2D eigenvalue weighted by Gasteiger charge is 2.43. The fourth-order valence-electron chi connectivity index (χ4n) is 3.09. The molecule has 0 aliphatic heterocycles. The first-order valence-electron chi connectivity index (χ1n) is 8.70. The lowest BCUT2D eigenvalue weighted by Crippen LogP contribution is -2.26. The van der Waals surface area contributed by atoms with Crippen LogP contribution < -0.4 is 14.8 Å². The lowest BCUT2D eigenvalue weighted by atomic mass is 9.96. The molecule has 0 radical (unpaired) electrons. The molecule has 0 amide bonds. The van der Waals surface area contributed by atoms with Gasteiger partial charge in [0.2, 0.25) is 0 Å². The standard InChI is InChI=1S/C20H22F3NO2/c1-2-25-18-11-14(3-8-17(18)26-19(22)23)12-24-13-20(9-10-20)15-4-6-16(21)7-5-15/h3-8,11,19,24H,2,9-10,12-13H2,1H3. The number of alkyl halides is 2. The van der Waals surface area contributed by atoms with Crippen molar-refractivity contribution in [1.29, 1.82) is 0 Å². The lowest BCUT2D eigenvalue weighted by molar-refractivity contribution is -0.0514. The summed E-state index contributed by atoms with van der Waals surface area (Å²) in [5, 5.41) is 3.41. The Kier molecular flexibility index (Phi) is 5.71. The fraction of sp³-hybridized carbons (Fsp3) is 0.400. The number of rotatable bonds is 9. The third-order valence-electron chi connectivity index (χ3n) is 4.63. The first kappa shape index (κ1) is 18.6. The second-order valence-corrected chi connectivity index (χ2v) is 6.48. The molecule has 1 fully saturated rings. The van der Waals surface area contributed by atoms with E-state index in [0.717, 1.165) is 30.5 Å². The van der Waals surface area contributed by atoms with Gasteiger partial charge in [0.25, 0.3) is 0 Å². The first-order chi connectivity index (χ1) is 12.5. The minimum atomic E-state index is -2.89. The van der Waals surface area contributed by atoms with Gasteiger partial charge in [-0.25, -0.2) is 4.39 Å². The number of halogens is 3. The summed E-state index contributed by atoms with van der Waals surface area (Å²) < 4.78 is 47.9. The van der Waals surface area contributed by atoms with Crippen LogP contribution in [-0.4, -0.2) is 19.8 Å². The van der Waals surface area contributed by atoms with Crippen LogP contribution in [0.25, 0.3) is 0 Å². The summed E-state index contributed by atoms with van der Waals surface area (Å²) in [7, 11) is 0. The van der Waals surface area contributed by atoms with Crippen molar-refractivity contribution < 1.29 is 22.6 Å². The van der Waals surface area contributed by atoms with Crippen LogP contribution in [-0.2, 0) is 12.0 Å². The van der Waals surface area contributed by atoms with Crippen molar-refractivity contribution in [3.63, 3.8) is 0 Å². The van der Waals surface area contributed by atoms with Crippen LogP contribution in [0.3, 0.4) is 0 Å². The summed E-state index contributed by atoms with van der Waals surface area (Å²) in [6.45, 7) is 0.625. The Labute approximate surface area is 151 Å². The molecular formula is C20H22F3NO2. The van der Waals surface area contributed by atoms with Crippen molar-refractivity contribution in [3.05, 3.63) is 59.4 Å². The Morgan fingerprint density at radius 3 is 2.42 bits per heavy atom. The highest BCUT2D eigenvalue weighted by Crippen LogP contribution is 2.47. The van der Waals surface area contributed by atoms with Crippen LogP contribution in [0.2, 0.25) is 0 Å². The molecule has 0 atom stereocenters. The van der Waals surface area contributed by atoms with E-state index >= 15 is 0 Å². The van der Waals surface area contributed by atoms with E-state index in [0.29, 0.717) is 18.9 Å². The molecule has 6 heteroatoms. The molecule has 0 aromatic heterocycles. The van der Waals surface area contributed by atoms with Crippen LogP contribution in [0.5, 0.6) is 11.5 Å². The molecule has 1 N–H and O–H groups in total. The van der Waals surface area contributed by atoms with Gasteiger partial charge in [-0.3, -0.25) is 0 Å². The molecule has 1 aliphatic rings. The van der Waals surface area contributed by atoms with E-state index in [-0.39, 0.29) is 17.0 Å². The van der Waals surface area contributed by atoms with Gasteiger partial charge in [0.05, 0.1) is 6.61 Å². The Hall–Kier alpha value is -2.21. The van der Waals surface area contributed by atoms with Crippen LogP contribution >= 0.6 is 0 Å². The number of benzene rings is 2. The zero-order valence-electron chi connectivity index (χ0n) is 14.6. The number of hydrogen-bond donors (Lipinski definition) is 1. The van der Waals surface area contributed by atoms with E-state index in [2.05, 4.69) is 10.1 Å². The van der Waals surface area contributed by atoms with Gasteiger partial charge in [-0.1, -0.05) is 18.2 Å². The van der Waals surface area contributed by atoms with Gasteiger partial charge in [-0.05, 0) is 55.2 Å². The summed E-state index contributed by atoms with van der Waals surface area (Å²) in [6.07, 6.45) is 2.13. The molecule has 0 spiro atoms. The predicted octanol–water partition coefficient (Wildman–Crippen LogP) is 4.65. The SMILES string of the molecule is CCOc1cc(CNCC2(c3ccc(F)cc3)CC2)ccc1OC(F)F. The minimum absolute atomic E-state index is 0.0376. The summed E-state index contributed by atoms with van der Waals surface area (Å²) in [4.78, 5) is 0. The Morgan fingerprint density at radius 2 is 1.81 bits per heavy atom. The van der Waals surface area contributed by atoms with Crippen molar-refractivity contribution >= 4 is 0 Å². The Bertz CT molecular complexity index is 730. The van der Waals surface area contributed by atoms with Crippen LogP contribution in [0, 0.1) is 5.82 Å².